The Morgan fingerprint density at radius 3 is 2.76 bits per heavy atom. The summed E-state index contributed by atoms with van der Waals surface area (Å²) in [7, 11) is 0. The van der Waals surface area contributed by atoms with E-state index in [4.69, 9.17) is 0 Å². The highest BCUT2D eigenvalue weighted by Crippen LogP contribution is 2.29. The molecular weight excluding hydrogens is 276 g/mol. The number of hydrogen-bond donors (Lipinski definition) is 1. The largest absolute Gasteiger partial charge is 0.309 e. The summed E-state index contributed by atoms with van der Waals surface area (Å²) in [4.78, 5) is 4.40. The average molecular weight is 302 g/mol. The van der Waals surface area contributed by atoms with Crippen molar-refractivity contribution in [1.82, 2.24) is 10.3 Å². The Bertz CT molecular complexity index is 575. The topological polar surface area (TPSA) is 24.9 Å². The number of fused-ring (bicyclic) bond motifs is 1. The van der Waals surface area contributed by atoms with Crippen LogP contribution >= 0.6 is 11.8 Å². The van der Waals surface area contributed by atoms with Crippen LogP contribution in [0.25, 0.3) is 10.9 Å². The van der Waals surface area contributed by atoms with Crippen LogP contribution in [0.1, 0.15) is 45.7 Å². The van der Waals surface area contributed by atoms with E-state index in [0.29, 0.717) is 10.8 Å². The highest BCUT2D eigenvalue weighted by molar-refractivity contribution is 8.00. The lowest BCUT2D eigenvalue weighted by molar-refractivity contribution is 0.576. The Labute approximate surface area is 132 Å². The highest BCUT2D eigenvalue weighted by atomic mass is 32.2. The fourth-order valence-electron chi connectivity index (χ4n) is 2.24. The number of nitrogens with zero attached hydrogens (tertiary/aromatic N) is 1. The summed E-state index contributed by atoms with van der Waals surface area (Å²) in [5.41, 5.74) is 2.43. The minimum absolute atomic E-state index is 0.296. The molecule has 1 N–H and O–H groups in total. The van der Waals surface area contributed by atoms with Crippen molar-refractivity contribution in [3.8, 4) is 0 Å². The van der Waals surface area contributed by atoms with Crippen molar-refractivity contribution in [2.45, 2.75) is 44.9 Å². The Kier molecular flexibility index (Phi) is 5.65. The van der Waals surface area contributed by atoms with Crippen LogP contribution in [0.15, 0.2) is 36.5 Å². The second-order valence-electron chi connectivity index (χ2n) is 6.39. The molecule has 1 aromatic heterocycles. The summed E-state index contributed by atoms with van der Waals surface area (Å²) >= 11 is 2.01. The van der Waals surface area contributed by atoms with Crippen LogP contribution in [0.3, 0.4) is 0 Å². The van der Waals surface area contributed by atoms with Gasteiger partial charge in [0.2, 0.25) is 0 Å². The Balaban J connectivity index is 2.20. The lowest BCUT2D eigenvalue weighted by atomic mass is 10.1. The molecular formula is C18H26N2S. The first-order chi connectivity index (χ1) is 9.99. The summed E-state index contributed by atoms with van der Waals surface area (Å²) in [6.07, 6.45) is 3.01. The molecule has 0 radical (unpaired) electrons. The van der Waals surface area contributed by atoms with Gasteiger partial charge < -0.3 is 5.32 Å². The summed E-state index contributed by atoms with van der Waals surface area (Å²) in [5.74, 6) is 1.09. The molecule has 0 saturated heterocycles. The maximum atomic E-state index is 4.40. The van der Waals surface area contributed by atoms with Crippen LogP contribution in [0.2, 0.25) is 0 Å². The maximum Gasteiger partial charge on any atom is 0.0702 e. The standard InChI is InChI=1S/C18H26N2S/c1-5-10-19-17(13-21-18(2,3)4)15-8-9-16-14(12-15)7-6-11-20-16/h6-9,11-12,17,19H,5,10,13H2,1-4H3. The summed E-state index contributed by atoms with van der Waals surface area (Å²) in [5, 5.41) is 4.90. The van der Waals surface area contributed by atoms with Gasteiger partial charge in [0.15, 0.2) is 0 Å². The number of thioether (sulfide) groups is 1. The molecule has 114 valence electrons. The predicted molar refractivity (Wildman–Crippen MR) is 95.0 cm³/mol. The molecule has 0 aliphatic rings. The van der Waals surface area contributed by atoms with Crippen LogP contribution < -0.4 is 5.32 Å². The molecule has 3 heteroatoms. The molecule has 0 fully saturated rings. The number of benzene rings is 1. The van der Waals surface area contributed by atoms with Gasteiger partial charge in [-0.3, -0.25) is 4.98 Å². The highest BCUT2D eigenvalue weighted by Gasteiger charge is 2.17. The van der Waals surface area contributed by atoms with E-state index in [1.807, 2.05) is 24.0 Å². The zero-order chi connectivity index (χ0) is 15.3. The molecule has 0 aliphatic carbocycles. The van der Waals surface area contributed by atoms with Gasteiger partial charge in [0.05, 0.1) is 5.52 Å². The lowest BCUT2D eigenvalue weighted by Crippen LogP contribution is -2.26. The second kappa shape index (κ2) is 7.28. The molecule has 0 bridgehead atoms. The predicted octanol–water partition coefficient (Wildman–Crippen LogP) is 4.81. The van der Waals surface area contributed by atoms with Crippen molar-refractivity contribution in [3.05, 3.63) is 42.1 Å². The molecule has 0 amide bonds. The van der Waals surface area contributed by atoms with Gasteiger partial charge in [-0.15, -0.1) is 0 Å². The molecule has 1 heterocycles. The van der Waals surface area contributed by atoms with Crippen LogP contribution in [-0.2, 0) is 0 Å². The van der Waals surface area contributed by atoms with E-state index < -0.39 is 0 Å². The van der Waals surface area contributed by atoms with E-state index in [2.05, 4.69) is 62.3 Å². The SMILES string of the molecule is CCCNC(CSC(C)(C)C)c1ccc2ncccc2c1. The van der Waals surface area contributed by atoms with Crippen LogP contribution in [-0.4, -0.2) is 22.0 Å². The molecule has 1 aromatic carbocycles. The van der Waals surface area contributed by atoms with Crippen molar-refractivity contribution in [1.29, 1.82) is 0 Å². The molecule has 0 spiro atoms. The molecule has 1 atom stereocenters. The summed E-state index contributed by atoms with van der Waals surface area (Å²) in [6, 6.07) is 11.2. The van der Waals surface area contributed by atoms with E-state index in [-0.39, 0.29) is 0 Å². The van der Waals surface area contributed by atoms with E-state index >= 15 is 0 Å². The third-order valence-electron chi connectivity index (χ3n) is 3.35. The molecule has 2 aromatic rings. The van der Waals surface area contributed by atoms with Crippen LogP contribution in [0.4, 0.5) is 0 Å². The smallest absolute Gasteiger partial charge is 0.0702 e. The fourth-order valence-corrected chi connectivity index (χ4v) is 3.21. The number of rotatable bonds is 6. The van der Waals surface area contributed by atoms with Crippen molar-refractivity contribution in [3.63, 3.8) is 0 Å². The molecule has 2 rings (SSSR count). The second-order valence-corrected chi connectivity index (χ2v) is 8.23. The zero-order valence-corrected chi connectivity index (χ0v) is 14.3. The van der Waals surface area contributed by atoms with Gasteiger partial charge in [0.25, 0.3) is 0 Å². The molecule has 2 nitrogen and oxygen atoms in total. The number of hydrogen-bond acceptors (Lipinski definition) is 3. The van der Waals surface area contributed by atoms with E-state index in [1.54, 1.807) is 0 Å². The lowest BCUT2D eigenvalue weighted by Gasteiger charge is -2.24. The maximum absolute atomic E-state index is 4.40. The van der Waals surface area contributed by atoms with Gasteiger partial charge in [-0.1, -0.05) is 39.8 Å². The van der Waals surface area contributed by atoms with Crippen molar-refractivity contribution >= 4 is 22.7 Å². The fraction of sp³-hybridized carbons (Fsp3) is 0.500. The van der Waals surface area contributed by atoms with Gasteiger partial charge in [-0.25, -0.2) is 0 Å². The first-order valence-electron chi connectivity index (χ1n) is 7.71. The third-order valence-corrected chi connectivity index (χ3v) is 4.72. The normalized spacial score (nSPS) is 13.5. The summed E-state index contributed by atoms with van der Waals surface area (Å²) in [6.45, 7) is 10.1. The Morgan fingerprint density at radius 2 is 2.05 bits per heavy atom. The van der Waals surface area contributed by atoms with Crippen molar-refractivity contribution < 1.29 is 0 Å². The van der Waals surface area contributed by atoms with Gasteiger partial charge in [-0.05, 0) is 36.7 Å². The van der Waals surface area contributed by atoms with Crippen LogP contribution in [0.5, 0.6) is 0 Å². The quantitative estimate of drug-likeness (QED) is 0.829. The summed E-state index contributed by atoms with van der Waals surface area (Å²) < 4.78 is 0.296. The molecule has 0 aliphatic heterocycles. The monoisotopic (exact) mass is 302 g/mol. The van der Waals surface area contributed by atoms with Gasteiger partial charge >= 0.3 is 0 Å². The first kappa shape index (κ1) is 16.3. The third kappa shape index (κ3) is 5.01. The van der Waals surface area contributed by atoms with Gasteiger partial charge in [-0.2, -0.15) is 11.8 Å². The van der Waals surface area contributed by atoms with Crippen molar-refractivity contribution in [2.75, 3.05) is 12.3 Å². The molecule has 1 unspecified atom stereocenters. The first-order valence-corrected chi connectivity index (χ1v) is 8.70. The Morgan fingerprint density at radius 1 is 1.24 bits per heavy atom. The molecule has 0 saturated carbocycles. The number of aromatic nitrogens is 1. The zero-order valence-electron chi connectivity index (χ0n) is 13.5. The minimum atomic E-state index is 0.296. The van der Waals surface area contributed by atoms with E-state index in [9.17, 15) is 0 Å². The van der Waals surface area contributed by atoms with Crippen LogP contribution in [0, 0.1) is 0 Å². The number of pyridine rings is 1. The van der Waals surface area contributed by atoms with Gasteiger partial charge in [0, 0.05) is 28.1 Å². The van der Waals surface area contributed by atoms with Crippen molar-refractivity contribution in [2.24, 2.45) is 0 Å². The Hall–Kier alpha value is -1.06. The van der Waals surface area contributed by atoms with E-state index in [1.165, 1.54) is 10.9 Å². The average Bonchev–Trinajstić information content (AvgIpc) is 2.46. The molecule has 21 heavy (non-hydrogen) atoms. The van der Waals surface area contributed by atoms with E-state index in [0.717, 1.165) is 24.2 Å². The minimum Gasteiger partial charge on any atom is -0.309 e. The van der Waals surface area contributed by atoms with Gasteiger partial charge in [0.1, 0.15) is 0 Å². The number of nitrogens with one attached hydrogen (secondary N) is 1.